The van der Waals surface area contributed by atoms with Gasteiger partial charge in [-0.2, -0.15) is 72.8 Å². The number of hydrogen-bond donors (Lipinski definition) is 0. The smallest absolute Gasteiger partial charge is 0 e. The predicted octanol–water partition coefficient (Wildman–Crippen LogP) is 11.1. The minimum atomic E-state index is 0. The van der Waals surface area contributed by atoms with Gasteiger partial charge >= 0.3 is 0 Å². The van der Waals surface area contributed by atoms with Gasteiger partial charge in [0.25, 0.3) is 0 Å². The van der Waals surface area contributed by atoms with E-state index in [0.717, 1.165) is 0 Å². The molecule has 0 heterocycles. The molecule has 3 aromatic carbocycles. The van der Waals surface area contributed by atoms with E-state index in [1.807, 2.05) is 162 Å². The van der Waals surface area contributed by atoms with Gasteiger partial charge in [-0.25, -0.2) is 0 Å². The molecule has 0 saturated heterocycles. The summed E-state index contributed by atoms with van der Waals surface area (Å²) in [5.74, 6) is 0. The van der Waals surface area contributed by atoms with E-state index in [2.05, 4.69) is 31.2 Å². The molecule has 0 N–H and O–H groups in total. The Hall–Kier alpha value is -1.24. The standard InChI is InChI=1S/C7H8.2C6H5.6C2H6.Y/c1-7-5-3-2-4-6-7;2*1-2-4-6-5-3-1;6*1-2;/h2-6H,1H3;2*1-5H;6*1-2H3;/q;2*-1;;;;;;;. The van der Waals surface area contributed by atoms with E-state index in [-0.39, 0.29) is 32.7 Å². The largest absolute Gasteiger partial charge is 0.184 e. The van der Waals surface area contributed by atoms with Crippen LogP contribution in [-0.2, 0) is 32.7 Å². The van der Waals surface area contributed by atoms with Crippen LogP contribution in [0.4, 0.5) is 0 Å². The third-order valence-electron chi connectivity index (χ3n) is 2.15. The average Bonchev–Trinajstić information content (AvgIpc) is 2.94. The van der Waals surface area contributed by atoms with Crippen molar-refractivity contribution in [3.8, 4) is 0 Å². The molecule has 0 aromatic heterocycles. The van der Waals surface area contributed by atoms with Crippen LogP contribution in [0, 0.1) is 19.1 Å². The maximum absolute atomic E-state index is 2.89. The number of rotatable bonds is 0. The minimum Gasteiger partial charge on any atom is -0.184 e. The van der Waals surface area contributed by atoms with Crippen LogP contribution in [-0.4, -0.2) is 0 Å². The molecule has 0 amide bonds. The Morgan fingerprint density at radius 1 is 0.375 bits per heavy atom. The SMILES string of the molecule is CC.CC.CC.CC.CC.CC.Cc1ccccc1.[Y].[c-]1ccccc1.[c-]1ccccc1. The molecule has 1 radical (unpaired) electrons. The van der Waals surface area contributed by atoms with Crippen LogP contribution in [0.1, 0.15) is 88.6 Å². The summed E-state index contributed by atoms with van der Waals surface area (Å²) < 4.78 is 0. The van der Waals surface area contributed by atoms with E-state index < -0.39 is 0 Å². The van der Waals surface area contributed by atoms with Crippen LogP contribution in [0.3, 0.4) is 0 Å². The fourth-order valence-corrected chi connectivity index (χ4v) is 1.22. The summed E-state index contributed by atoms with van der Waals surface area (Å²) in [5.41, 5.74) is 1.32. The first-order valence-corrected chi connectivity index (χ1v) is 12.2. The molecule has 3 rings (SSSR count). The van der Waals surface area contributed by atoms with E-state index in [1.165, 1.54) is 5.56 Å². The van der Waals surface area contributed by atoms with Crippen LogP contribution in [0.15, 0.2) is 91.0 Å². The summed E-state index contributed by atoms with van der Waals surface area (Å²) >= 11 is 0. The monoisotopic (exact) mass is 515 g/mol. The van der Waals surface area contributed by atoms with Crippen molar-refractivity contribution >= 4 is 0 Å². The average molecular weight is 516 g/mol. The Morgan fingerprint density at radius 2 is 0.594 bits per heavy atom. The molecular weight excluding hydrogens is 461 g/mol. The zero-order chi connectivity index (χ0) is 25.6. The molecule has 0 aliphatic carbocycles. The fourth-order valence-electron chi connectivity index (χ4n) is 1.22. The third-order valence-corrected chi connectivity index (χ3v) is 2.15. The van der Waals surface area contributed by atoms with Crippen molar-refractivity contribution in [3.63, 3.8) is 0 Å². The second-order valence-corrected chi connectivity index (χ2v) is 3.81. The molecule has 0 aliphatic heterocycles. The second-order valence-electron chi connectivity index (χ2n) is 3.81. The summed E-state index contributed by atoms with van der Waals surface area (Å²) in [7, 11) is 0. The predicted molar refractivity (Wildman–Crippen MR) is 150 cm³/mol. The van der Waals surface area contributed by atoms with Crippen molar-refractivity contribution in [1.29, 1.82) is 0 Å². The molecule has 0 fully saturated rings. The fraction of sp³-hybridized carbons (Fsp3) is 0.419. The molecule has 0 aliphatic rings. The maximum Gasteiger partial charge on any atom is 0 e. The Balaban J connectivity index is -0.0000000471. The van der Waals surface area contributed by atoms with Crippen LogP contribution < -0.4 is 0 Å². The maximum atomic E-state index is 2.89. The molecule has 3 aromatic rings. The van der Waals surface area contributed by atoms with Gasteiger partial charge in [-0.15, -0.1) is 0 Å². The van der Waals surface area contributed by atoms with E-state index in [4.69, 9.17) is 0 Å². The summed E-state index contributed by atoms with van der Waals surface area (Å²) in [6, 6.07) is 35.3. The van der Waals surface area contributed by atoms with Crippen molar-refractivity contribution in [2.75, 3.05) is 0 Å². The minimum absolute atomic E-state index is 0. The third kappa shape index (κ3) is 63.0. The number of hydrogen-bond acceptors (Lipinski definition) is 0. The van der Waals surface area contributed by atoms with Crippen molar-refractivity contribution in [1.82, 2.24) is 0 Å². The molecule has 32 heavy (non-hydrogen) atoms. The first-order valence-electron chi connectivity index (χ1n) is 12.2. The van der Waals surface area contributed by atoms with Gasteiger partial charge in [0.2, 0.25) is 0 Å². The number of aryl methyl sites for hydroxylation is 1. The Bertz CT molecular complexity index is 408. The van der Waals surface area contributed by atoms with Gasteiger partial charge in [0.1, 0.15) is 0 Å². The first-order chi connectivity index (χ1) is 15.4. The van der Waals surface area contributed by atoms with Crippen LogP contribution in [0.25, 0.3) is 0 Å². The van der Waals surface area contributed by atoms with Gasteiger partial charge in [0, 0.05) is 32.7 Å². The molecule has 0 unspecified atom stereocenters. The molecule has 0 atom stereocenters. The van der Waals surface area contributed by atoms with Crippen LogP contribution >= 0.6 is 0 Å². The van der Waals surface area contributed by atoms with Crippen LogP contribution in [0.5, 0.6) is 0 Å². The quantitative estimate of drug-likeness (QED) is 0.261. The molecule has 0 spiro atoms. The zero-order valence-electron chi connectivity index (χ0n) is 23.7. The first kappa shape index (κ1) is 48.3. The van der Waals surface area contributed by atoms with Crippen molar-refractivity contribution in [2.45, 2.75) is 90.0 Å². The topological polar surface area (TPSA) is 0 Å². The summed E-state index contributed by atoms with van der Waals surface area (Å²) in [6.07, 6.45) is 0. The van der Waals surface area contributed by atoms with Crippen molar-refractivity contribution in [2.24, 2.45) is 0 Å². The van der Waals surface area contributed by atoms with Gasteiger partial charge in [0.15, 0.2) is 0 Å². The molecule has 183 valence electrons. The second kappa shape index (κ2) is 69.9. The Kier molecular flexibility index (Phi) is 105. The van der Waals surface area contributed by atoms with Gasteiger partial charge < -0.3 is 0 Å². The molecule has 0 saturated carbocycles. The van der Waals surface area contributed by atoms with E-state index >= 15 is 0 Å². The van der Waals surface area contributed by atoms with Crippen molar-refractivity contribution in [3.05, 3.63) is 109 Å². The molecule has 1 heteroatoms. The summed E-state index contributed by atoms with van der Waals surface area (Å²) in [5, 5.41) is 0. The zero-order valence-corrected chi connectivity index (χ0v) is 26.6. The normalized spacial score (nSPS) is 6.03. The molecule has 0 bridgehead atoms. The van der Waals surface area contributed by atoms with Crippen molar-refractivity contribution < 1.29 is 32.7 Å². The van der Waals surface area contributed by atoms with Crippen LogP contribution in [0.2, 0.25) is 0 Å². The summed E-state index contributed by atoms with van der Waals surface area (Å²) in [4.78, 5) is 0. The summed E-state index contributed by atoms with van der Waals surface area (Å²) in [6.45, 7) is 26.1. The Labute approximate surface area is 230 Å². The molecule has 0 nitrogen and oxygen atoms in total. The van der Waals surface area contributed by atoms with E-state index in [1.54, 1.807) is 0 Å². The molecular formula is C31H54Y-2. The Morgan fingerprint density at radius 3 is 0.688 bits per heavy atom. The van der Waals surface area contributed by atoms with Gasteiger partial charge in [0.05, 0.1) is 0 Å². The van der Waals surface area contributed by atoms with E-state index in [0.29, 0.717) is 0 Å². The van der Waals surface area contributed by atoms with Gasteiger partial charge in [-0.3, -0.25) is 0 Å². The van der Waals surface area contributed by atoms with Gasteiger partial charge in [-0.05, 0) is 6.92 Å². The van der Waals surface area contributed by atoms with Gasteiger partial charge in [-0.1, -0.05) is 119 Å². The number of benzene rings is 3. The van der Waals surface area contributed by atoms with E-state index in [9.17, 15) is 0 Å².